The molecule has 1 aliphatic carbocycles. The van der Waals surface area contributed by atoms with E-state index in [2.05, 4.69) is 12.1 Å². The van der Waals surface area contributed by atoms with Crippen LogP contribution in [0.15, 0.2) is 5.16 Å². The van der Waals surface area contributed by atoms with E-state index in [0.717, 1.165) is 18.6 Å². The average molecular weight is 141 g/mol. The molecule has 2 nitrogen and oxygen atoms in total. The summed E-state index contributed by atoms with van der Waals surface area (Å²) in [6.45, 7) is 2.22. The molecule has 1 rings (SSSR count). The molecule has 0 bridgehead atoms. The highest BCUT2D eigenvalue weighted by Gasteiger charge is 2.11. The van der Waals surface area contributed by atoms with Crippen LogP contribution < -0.4 is 0 Å². The van der Waals surface area contributed by atoms with Crippen LogP contribution in [-0.2, 0) is 0 Å². The van der Waals surface area contributed by atoms with Gasteiger partial charge in [0.2, 0.25) is 0 Å². The number of oxime groups is 1. The van der Waals surface area contributed by atoms with Gasteiger partial charge in [-0.15, -0.1) is 0 Å². The lowest BCUT2D eigenvalue weighted by molar-refractivity contribution is 0.315. The third kappa shape index (κ3) is 2.01. The van der Waals surface area contributed by atoms with Crippen LogP contribution in [0.1, 0.15) is 39.0 Å². The molecule has 2 heteroatoms. The van der Waals surface area contributed by atoms with Crippen molar-refractivity contribution < 1.29 is 5.21 Å². The molecule has 0 aromatic rings. The summed E-state index contributed by atoms with van der Waals surface area (Å²) in [6, 6.07) is 0. The van der Waals surface area contributed by atoms with Crippen molar-refractivity contribution in [2.75, 3.05) is 0 Å². The first-order chi connectivity index (χ1) is 4.83. The number of nitrogens with zero attached hydrogens (tertiary/aromatic N) is 1. The molecule has 1 saturated carbocycles. The molecule has 1 aliphatic rings. The minimum atomic E-state index is 0.716. The zero-order valence-corrected chi connectivity index (χ0v) is 6.51. The van der Waals surface area contributed by atoms with Crippen molar-refractivity contribution in [2.24, 2.45) is 11.1 Å². The quantitative estimate of drug-likeness (QED) is 0.313. The smallest absolute Gasteiger partial charge is 0.0573 e. The van der Waals surface area contributed by atoms with E-state index in [1.807, 2.05) is 0 Å². The SMILES string of the molecule is CC1CCCCC(=NO)C1. The summed E-state index contributed by atoms with van der Waals surface area (Å²) in [5.74, 6) is 0.716. The van der Waals surface area contributed by atoms with E-state index < -0.39 is 0 Å². The molecule has 0 heterocycles. The Morgan fingerprint density at radius 3 is 3.00 bits per heavy atom. The standard InChI is InChI=1S/C8H15NO/c1-7-4-2-3-5-8(6-7)9-10/h7,10H,2-6H2,1H3. The highest BCUT2D eigenvalue weighted by atomic mass is 16.4. The summed E-state index contributed by atoms with van der Waals surface area (Å²) >= 11 is 0. The molecule has 0 aliphatic heterocycles. The van der Waals surface area contributed by atoms with E-state index in [1.165, 1.54) is 19.3 Å². The van der Waals surface area contributed by atoms with Gasteiger partial charge in [-0.3, -0.25) is 0 Å². The van der Waals surface area contributed by atoms with Crippen LogP contribution in [0.5, 0.6) is 0 Å². The highest BCUT2D eigenvalue weighted by Crippen LogP contribution is 2.20. The minimum absolute atomic E-state index is 0.716. The third-order valence-corrected chi connectivity index (χ3v) is 2.14. The summed E-state index contributed by atoms with van der Waals surface area (Å²) in [5.41, 5.74) is 0.991. The topological polar surface area (TPSA) is 32.6 Å². The Hall–Kier alpha value is -0.530. The van der Waals surface area contributed by atoms with Crippen molar-refractivity contribution in [2.45, 2.75) is 39.0 Å². The van der Waals surface area contributed by atoms with E-state index in [1.54, 1.807) is 0 Å². The Balaban J connectivity index is 2.46. The fourth-order valence-corrected chi connectivity index (χ4v) is 1.52. The summed E-state index contributed by atoms with van der Waals surface area (Å²) in [7, 11) is 0. The predicted octanol–water partition coefficient (Wildman–Crippen LogP) is 2.42. The molecule has 0 aromatic carbocycles. The zero-order chi connectivity index (χ0) is 7.40. The normalized spacial score (nSPS) is 32.1. The Labute approximate surface area is 61.9 Å². The van der Waals surface area contributed by atoms with Gasteiger partial charge in [0.1, 0.15) is 0 Å². The second-order valence-electron chi connectivity index (χ2n) is 3.22. The van der Waals surface area contributed by atoms with Gasteiger partial charge < -0.3 is 5.21 Å². The predicted molar refractivity (Wildman–Crippen MR) is 41.5 cm³/mol. The van der Waals surface area contributed by atoms with Crippen molar-refractivity contribution in [3.63, 3.8) is 0 Å². The van der Waals surface area contributed by atoms with E-state index in [0.29, 0.717) is 5.92 Å². The van der Waals surface area contributed by atoms with Crippen molar-refractivity contribution >= 4 is 5.71 Å². The Morgan fingerprint density at radius 1 is 1.50 bits per heavy atom. The maximum atomic E-state index is 8.52. The van der Waals surface area contributed by atoms with Gasteiger partial charge in [-0.05, 0) is 25.2 Å². The molecule has 0 spiro atoms. The van der Waals surface area contributed by atoms with Gasteiger partial charge in [0.15, 0.2) is 0 Å². The van der Waals surface area contributed by atoms with Crippen LogP contribution in [0.4, 0.5) is 0 Å². The minimum Gasteiger partial charge on any atom is -0.411 e. The molecular weight excluding hydrogens is 126 g/mol. The molecule has 0 aromatic heterocycles. The van der Waals surface area contributed by atoms with Gasteiger partial charge in [-0.2, -0.15) is 0 Å². The first-order valence-corrected chi connectivity index (χ1v) is 4.02. The van der Waals surface area contributed by atoms with E-state index in [9.17, 15) is 0 Å². The number of hydrogen-bond acceptors (Lipinski definition) is 2. The summed E-state index contributed by atoms with van der Waals surface area (Å²) < 4.78 is 0. The van der Waals surface area contributed by atoms with Gasteiger partial charge in [-0.1, -0.05) is 24.9 Å². The van der Waals surface area contributed by atoms with Gasteiger partial charge in [0.05, 0.1) is 5.71 Å². The molecule has 1 fully saturated rings. The lowest BCUT2D eigenvalue weighted by atomic mass is 10.0. The summed E-state index contributed by atoms with van der Waals surface area (Å²) in [6.07, 6.45) is 5.78. The molecule has 1 N–H and O–H groups in total. The maximum absolute atomic E-state index is 8.52. The Morgan fingerprint density at radius 2 is 2.30 bits per heavy atom. The Bertz CT molecular complexity index is 131. The lowest BCUT2D eigenvalue weighted by Gasteiger charge is -2.04. The van der Waals surface area contributed by atoms with Crippen LogP contribution >= 0.6 is 0 Å². The molecule has 0 saturated heterocycles. The summed E-state index contributed by atoms with van der Waals surface area (Å²) in [5, 5.41) is 11.8. The second-order valence-corrected chi connectivity index (χ2v) is 3.22. The van der Waals surface area contributed by atoms with Crippen molar-refractivity contribution in [3.05, 3.63) is 0 Å². The van der Waals surface area contributed by atoms with Crippen LogP contribution in [0.3, 0.4) is 0 Å². The van der Waals surface area contributed by atoms with Crippen molar-refractivity contribution in [3.8, 4) is 0 Å². The van der Waals surface area contributed by atoms with Crippen LogP contribution in [-0.4, -0.2) is 10.9 Å². The second kappa shape index (κ2) is 3.59. The zero-order valence-electron chi connectivity index (χ0n) is 6.51. The fourth-order valence-electron chi connectivity index (χ4n) is 1.52. The largest absolute Gasteiger partial charge is 0.411 e. The molecule has 1 atom stereocenters. The molecule has 10 heavy (non-hydrogen) atoms. The van der Waals surface area contributed by atoms with E-state index >= 15 is 0 Å². The molecule has 58 valence electrons. The van der Waals surface area contributed by atoms with Gasteiger partial charge in [0.25, 0.3) is 0 Å². The Kier molecular flexibility index (Phi) is 2.72. The van der Waals surface area contributed by atoms with Gasteiger partial charge >= 0.3 is 0 Å². The fraction of sp³-hybridized carbons (Fsp3) is 0.875. The number of rotatable bonds is 0. The van der Waals surface area contributed by atoms with Crippen LogP contribution in [0, 0.1) is 5.92 Å². The molecule has 0 amide bonds. The summed E-state index contributed by atoms with van der Waals surface area (Å²) in [4.78, 5) is 0. The monoisotopic (exact) mass is 141 g/mol. The van der Waals surface area contributed by atoms with E-state index in [-0.39, 0.29) is 0 Å². The molecule has 0 radical (unpaired) electrons. The van der Waals surface area contributed by atoms with Crippen LogP contribution in [0.25, 0.3) is 0 Å². The van der Waals surface area contributed by atoms with Gasteiger partial charge in [-0.25, -0.2) is 0 Å². The highest BCUT2D eigenvalue weighted by molar-refractivity contribution is 5.84. The van der Waals surface area contributed by atoms with Gasteiger partial charge in [0, 0.05) is 0 Å². The first kappa shape index (κ1) is 7.58. The van der Waals surface area contributed by atoms with Crippen molar-refractivity contribution in [1.82, 2.24) is 0 Å². The molecular formula is C8H15NO. The van der Waals surface area contributed by atoms with Crippen molar-refractivity contribution in [1.29, 1.82) is 0 Å². The maximum Gasteiger partial charge on any atom is 0.0573 e. The molecule has 1 unspecified atom stereocenters. The first-order valence-electron chi connectivity index (χ1n) is 4.02. The number of hydrogen-bond donors (Lipinski definition) is 1. The van der Waals surface area contributed by atoms with E-state index in [4.69, 9.17) is 5.21 Å². The average Bonchev–Trinajstić information content (AvgIpc) is 2.13. The third-order valence-electron chi connectivity index (χ3n) is 2.14. The lowest BCUT2D eigenvalue weighted by Crippen LogP contribution is -2.01. The van der Waals surface area contributed by atoms with Crippen LogP contribution in [0.2, 0.25) is 0 Å².